The lowest BCUT2D eigenvalue weighted by Gasteiger charge is -2.14. The van der Waals surface area contributed by atoms with Crippen molar-refractivity contribution < 1.29 is 23.1 Å². The highest BCUT2D eigenvalue weighted by Crippen LogP contribution is 2.41. The van der Waals surface area contributed by atoms with Crippen molar-refractivity contribution in [1.29, 1.82) is 0 Å². The number of pyridine rings is 1. The molecule has 4 nitrogen and oxygen atoms in total. The van der Waals surface area contributed by atoms with Crippen LogP contribution in [0.25, 0.3) is 10.9 Å². The number of aromatic carboxylic acids is 1. The van der Waals surface area contributed by atoms with Crippen molar-refractivity contribution in [1.82, 2.24) is 4.57 Å². The molecule has 0 amide bonds. The molecule has 0 bridgehead atoms. The number of hydrogen-bond donors (Lipinski definition) is 1. The Balaban J connectivity index is 2.49. The molecule has 1 N–H and O–H groups in total. The van der Waals surface area contributed by atoms with Crippen LogP contribution in [-0.2, 0) is 0 Å². The zero-order chi connectivity index (χ0) is 15.5. The zero-order valence-electron chi connectivity index (χ0n) is 10.9. The van der Waals surface area contributed by atoms with Gasteiger partial charge in [-0.05, 0) is 13.0 Å². The molecule has 1 aliphatic carbocycles. The molecule has 1 saturated carbocycles. The van der Waals surface area contributed by atoms with Crippen LogP contribution < -0.4 is 5.43 Å². The number of nitrogens with zero attached hydrogens (tertiary/aromatic N) is 1. The Hall–Kier alpha value is -2.31. The molecule has 1 heterocycles. The molecule has 1 aromatic heterocycles. The largest absolute Gasteiger partial charge is 0.477 e. The minimum absolute atomic E-state index is 0.0362. The van der Waals surface area contributed by atoms with Crippen LogP contribution >= 0.6 is 0 Å². The van der Waals surface area contributed by atoms with Crippen molar-refractivity contribution in [3.63, 3.8) is 0 Å². The summed E-state index contributed by atoms with van der Waals surface area (Å²) in [5.74, 6) is -3.86. The molecule has 2 atom stereocenters. The first-order valence-electron chi connectivity index (χ1n) is 6.23. The fourth-order valence-corrected chi connectivity index (χ4v) is 2.51. The van der Waals surface area contributed by atoms with Gasteiger partial charge in [0.15, 0.2) is 11.6 Å². The van der Waals surface area contributed by atoms with E-state index in [1.807, 2.05) is 0 Å². The summed E-state index contributed by atoms with van der Waals surface area (Å²) in [5.41, 5.74) is -1.61. The molecule has 0 saturated heterocycles. The lowest BCUT2D eigenvalue weighted by atomic mass is 10.1. The Labute approximate surface area is 116 Å². The maximum absolute atomic E-state index is 13.7. The van der Waals surface area contributed by atoms with Crippen molar-refractivity contribution >= 4 is 16.9 Å². The normalized spacial score (nSPS) is 20.8. The maximum atomic E-state index is 13.7. The highest BCUT2D eigenvalue weighted by atomic mass is 19.2. The summed E-state index contributed by atoms with van der Waals surface area (Å²) in [6.07, 6.45) is -0.0401. The van der Waals surface area contributed by atoms with E-state index in [0.29, 0.717) is 6.07 Å². The van der Waals surface area contributed by atoms with Gasteiger partial charge >= 0.3 is 5.97 Å². The summed E-state index contributed by atoms with van der Waals surface area (Å²) in [5, 5.41) is 8.78. The minimum Gasteiger partial charge on any atom is -0.477 e. The van der Waals surface area contributed by atoms with Crippen LogP contribution in [0.2, 0.25) is 0 Å². The summed E-state index contributed by atoms with van der Waals surface area (Å²) in [7, 11) is 0. The number of aryl methyl sites for hydroxylation is 1. The van der Waals surface area contributed by atoms with E-state index in [0.717, 1.165) is 6.20 Å². The van der Waals surface area contributed by atoms with Crippen LogP contribution in [0.15, 0.2) is 17.1 Å². The third-order valence-electron chi connectivity index (χ3n) is 3.70. The molecule has 0 spiro atoms. The second-order valence-corrected chi connectivity index (χ2v) is 5.10. The van der Waals surface area contributed by atoms with E-state index in [1.165, 1.54) is 11.5 Å². The molecule has 7 heteroatoms. The first-order chi connectivity index (χ1) is 9.82. The van der Waals surface area contributed by atoms with E-state index in [9.17, 15) is 22.8 Å². The van der Waals surface area contributed by atoms with E-state index in [-0.39, 0.29) is 22.9 Å². The van der Waals surface area contributed by atoms with E-state index in [4.69, 9.17) is 5.11 Å². The number of hydrogen-bond acceptors (Lipinski definition) is 2. The fraction of sp³-hybridized carbons (Fsp3) is 0.286. The van der Waals surface area contributed by atoms with Gasteiger partial charge in [0.2, 0.25) is 5.43 Å². The number of rotatable bonds is 2. The van der Waals surface area contributed by atoms with Gasteiger partial charge in [0.05, 0.1) is 11.6 Å². The Morgan fingerprint density at radius 1 is 1.43 bits per heavy atom. The van der Waals surface area contributed by atoms with E-state index < -0.39 is 40.8 Å². The van der Waals surface area contributed by atoms with Crippen LogP contribution in [0.5, 0.6) is 0 Å². The molecule has 2 aromatic rings. The molecule has 0 radical (unpaired) electrons. The van der Waals surface area contributed by atoms with Crippen molar-refractivity contribution in [3.05, 3.63) is 45.2 Å². The predicted octanol–water partition coefficient (Wildman–Crippen LogP) is 2.57. The Morgan fingerprint density at radius 3 is 2.57 bits per heavy atom. The average molecular weight is 297 g/mol. The summed E-state index contributed by atoms with van der Waals surface area (Å²) in [6.45, 7) is 1.27. The summed E-state index contributed by atoms with van der Waals surface area (Å²) in [4.78, 5) is 23.2. The number of halogens is 3. The highest BCUT2D eigenvalue weighted by molar-refractivity contribution is 5.93. The molecule has 1 fully saturated rings. The molecule has 0 unspecified atom stereocenters. The van der Waals surface area contributed by atoms with Crippen molar-refractivity contribution in [2.24, 2.45) is 0 Å². The molecule has 21 heavy (non-hydrogen) atoms. The van der Waals surface area contributed by atoms with Gasteiger partial charge in [-0.15, -0.1) is 0 Å². The number of carboxylic acid groups (broad SMARTS) is 1. The third kappa shape index (κ3) is 1.91. The van der Waals surface area contributed by atoms with Crippen LogP contribution in [0.1, 0.15) is 28.4 Å². The molecule has 110 valence electrons. The summed E-state index contributed by atoms with van der Waals surface area (Å²) in [6, 6.07) is 0.00761. The number of alkyl halides is 1. The number of carbonyl (C=O) groups is 1. The molecule has 3 rings (SSSR count). The van der Waals surface area contributed by atoms with Gasteiger partial charge in [-0.25, -0.2) is 18.0 Å². The Bertz CT molecular complexity index is 844. The highest BCUT2D eigenvalue weighted by Gasteiger charge is 2.40. The number of benzene rings is 1. The molecule has 0 aliphatic heterocycles. The SMILES string of the molecule is Cc1c(F)c(F)cc2c(=O)c(C(=O)O)cn([C@@H]3C[C@H]3F)c12. The zero-order valence-corrected chi connectivity index (χ0v) is 10.9. The van der Waals surface area contributed by atoms with Gasteiger partial charge in [-0.3, -0.25) is 4.79 Å². The molecule has 1 aliphatic rings. The van der Waals surface area contributed by atoms with Gasteiger partial charge < -0.3 is 9.67 Å². The Kier molecular flexibility index (Phi) is 2.82. The van der Waals surface area contributed by atoms with E-state index in [2.05, 4.69) is 0 Å². The van der Waals surface area contributed by atoms with Gasteiger partial charge in [-0.2, -0.15) is 0 Å². The van der Waals surface area contributed by atoms with Crippen LogP contribution in [-0.4, -0.2) is 21.8 Å². The summed E-state index contributed by atoms with van der Waals surface area (Å²) < 4.78 is 41.8. The minimum atomic E-state index is -1.49. The second-order valence-electron chi connectivity index (χ2n) is 5.10. The van der Waals surface area contributed by atoms with Crippen molar-refractivity contribution in [2.45, 2.75) is 25.6 Å². The number of aromatic nitrogens is 1. The molecular formula is C14H10F3NO3. The van der Waals surface area contributed by atoms with Crippen molar-refractivity contribution in [3.8, 4) is 0 Å². The van der Waals surface area contributed by atoms with Gasteiger partial charge in [0, 0.05) is 23.6 Å². The predicted molar refractivity (Wildman–Crippen MR) is 68.4 cm³/mol. The first-order valence-corrected chi connectivity index (χ1v) is 6.23. The smallest absolute Gasteiger partial charge is 0.341 e. The van der Waals surface area contributed by atoms with Gasteiger partial charge in [0.1, 0.15) is 11.7 Å². The van der Waals surface area contributed by atoms with Crippen LogP contribution in [0.4, 0.5) is 13.2 Å². The first kappa shape index (κ1) is 13.7. The Morgan fingerprint density at radius 2 is 2.05 bits per heavy atom. The molecule has 1 aromatic carbocycles. The number of fused-ring (bicyclic) bond motifs is 1. The average Bonchev–Trinajstić information content (AvgIpc) is 3.14. The standard InChI is InChI=1S/C14H10F3NO3/c1-5-11(17)9(16)2-6-12(5)18(10-3-8(10)15)4-7(13(6)19)14(20)21/h2,4,8,10H,3H2,1H3,(H,20,21)/t8-,10-/m1/s1. The topological polar surface area (TPSA) is 59.3 Å². The monoisotopic (exact) mass is 297 g/mol. The van der Waals surface area contributed by atoms with Crippen molar-refractivity contribution in [2.75, 3.05) is 0 Å². The van der Waals surface area contributed by atoms with E-state index >= 15 is 0 Å². The number of carboxylic acids is 1. The van der Waals surface area contributed by atoms with Gasteiger partial charge in [-0.1, -0.05) is 0 Å². The molecular weight excluding hydrogens is 287 g/mol. The lowest BCUT2D eigenvalue weighted by molar-refractivity contribution is 0.0694. The lowest BCUT2D eigenvalue weighted by Crippen LogP contribution is -2.20. The van der Waals surface area contributed by atoms with E-state index in [1.54, 1.807) is 0 Å². The van der Waals surface area contributed by atoms with Crippen LogP contribution in [0, 0.1) is 18.6 Å². The van der Waals surface area contributed by atoms with Crippen LogP contribution in [0.3, 0.4) is 0 Å². The second kappa shape index (κ2) is 4.34. The fourth-order valence-electron chi connectivity index (χ4n) is 2.51. The third-order valence-corrected chi connectivity index (χ3v) is 3.70. The maximum Gasteiger partial charge on any atom is 0.341 e. The van der Waals surface area contributed by atoms with Gasteiger partial charge in [0.25, 0.3) is 0 Å². The summed E-state index contributed by atoms with van der Waals surface area (Å²) >= 11 is 0. The quantitative estimate of drug-likeness (QED) is 0.926.